The predicted molar refractivity (Wildman–Crippen MR) is 36.8 cm³/mol. The molecule has 0 amide bonds. The molecule has 0 N–H and O–H groups in total. The summed E-state index contributed by atoms with van der Waals surface area (Å²) in [5.74, 6) is -0.450. The summed E-state index contributed by atoms with van der Waals surface area (Å²) >= 11 is 0. The van der Waals surface area contributed by atoms with E-state index in [1.54, 1.807) is 21.3 Å². The first-order valence-electron chi connectivity index (χ1n) is 3.42. The van der Waals surface area contributed by atoms with E-state index < -0.39 is 5.79 Å². The molecule has 0 aliphatic heterocycles. The van der Waals surface area contributed by atoms with Crippen LogP contribution in [0.2, 0.25) is 0 Å². The summed E-state index contributed by atoms with van der Waals surface area (Å²) in [6.07, 6.45) is 2.07. The van der Waals surface area contributed by atoms with Gasteiger partial charge in [0.25, 0.3) is 0 Å². The van der Waals surface area contributed by atoms with Crippen LogP contribution in [0.1, 0.15) is 12.8 Å². The summed E-state index contributed by atoms with van der Waals surface area (Å²) in [5.41, 5.74) is 0. The predicted octanol–water partition coefficient (Wildman–Crippen LogP) is 0.784. The average molecular weight is 146 g/mol. The Balaban J connectivity index is 2.48. The molecule has 1 atom stereocenters. The summed E-state index contributed by atoms with van der Waals surface area (Å²) in [6.45, 7) is 0. The molecule has 60 valence electrons. The zero-order valence-electron chi connectivity index (χ0n) is 6.72. The van der Waals surface area contributed by atoms with Crippen molar-refractivity contribution < 1.29 is 14.2 Å². The fourth-order valence-electron chi connectivity index (χ4n) is 1.35. The fraction of sp³-hybridized carbons (Fsp3) is 1.00. The van der Waals surface area contributed by atoms with Crippen molar-refractivity contribution in [1.82, 2.24) is 0 Å². The Morgan fingerprint density at radius 3 is 1.90 bits per heavy atom. The monoisotopic (exact) mass is 146 g/mol. The van der Waals surface area contributed by atoms with E-state index in [9.17, 15) is 0 Å². The van der Waals surface area contributed by atoms with E-state index >= 15 is 0 Å². The Bertz CT molecular complexity index is 102. The third-order valence-corrected chi connectivity index (χ3v) is 2.22. The van der Waals surface area contributed by atoms with Gasteiger partial charge in [-0.1, -0.05) is 0 Å². The minimum Gasteiger partial charge on any atom is -0.376 e. The molecule has 1 aliphatic carbocycles. The highest BCUT2D eigenvalue weighted by Gasteiger charge is 2.48. The number of ether oxygens (including phenoxy) is 3. The molecule has 0 radical (unpaired) electrons. The van der Waals surface area contributed by atoms with Crippen molar-refractivity contribution in [1.29, 1.82) is 0 Å². The van der Waals surface area contributed by atoms with Crippen LogP contribution in [-0.2, 0) is 14.2 Å². The molecular formula is C7H14O3. The van der Waals surface area contributed by atoms with Crippen LogP contribution in [0.4, 0.5) is 0 Å². The molecule has 10 heavy (non-hydrogen) atoms. The molecular weight excluding hydrogens is 132 g/mol. The molecule has 0 aromatic carbocycles. The Hall–Kier alpha value is -0.120. The van der Waals surface area contributed by atoms with Gasteiger partial charge in [0.15, 0.2) is 5.79 Å². The van der Waals surface area contributed by atoms with Gasteiger partial charge in [-0.15, -0.1) is 0 Å². The summed E-state index contributed by atoms with van der Waals surface area (Å²) in [6, 6.07) is 0. The minimum atomic E-state index is -0.450. The van der Waals surface area contributed by atoms with Gasteiger partial charge in [0, 0.05) is 27.8 Å². The van der Waals surface area contributed by atoms with Crippen LogP contribution in [0.15, 0.2) is 0 Å². The van der Waals surface area contributed by atoms with Gasteiger partial charge >= 0.3 is 0 Å². The minimum absolute atomic E-state index is 0.113. The molecule has 0 heterocycles. The second kappa shape index (κ2) is 2.86. The van der Waals surface area contributed by atoms with Gasteiger partial charge in [-0.3, -0.25) is 0 Å². The summed E-state index contributed by atoms with van der Waals surface area (Å²) in [7, 11) is 4.97. The lowest BCUT2D eigenvalue weighted by Gasteiger charge is -2.45. The molecule has 0 saturated heterocycles. The van der Waals surface area contributed by atoms with Crippen molar-refractivity contribution in [2.75, 3.05) is 21.3 Å². The summed E-state index contributed by atoms with van der Waals surface area (Å²) in [5, 5.41) is 0. The van der Waals surface area contributed by atoms with Gasteiger partial charge in [0.05, 0.1) is 0 Å². The second-order valence-electron chi connectivity index (χ2n) is 2.48. The summed E-state index contributed by atoms with van der Waals surface area (Å²) in [4.78, 5) is 0. The van der Waals surface area contributed by atoms with Crippen molar-refractivity contribution in [3.05, 3.63) is 0 Å². The Morgan fingerprint density at radius 1 is 1.20 bits per heavy atom. The normalized spacial score (nSPS) is 29.7. The SMILES string of the molecule is COC1CCC1(OC)OC. The van der Waals surface area contributed by atoms with Crippen LogP contribution in [0, 0.1) is 0 Å². The zero-order valence-corrected chi connectivity index (χ0v) is 6.72. The van der Waals surface area contributed by atoms with Crippen LogP contribution in [0.3, 0.4) is 0 Å². The molecule has 0 aromatic heterocycles. The quantitative estimate of drug-likeness (QED) is 0.551. The molecule has 1 saturated carbocycles. The fourth-order valence-corrected chi connectivity index (χ4v) is 1.35. The van der Waals surface area contributed by atoms with E-state index in [0.717, 1.165) is 12.8 Å². The molecule has 1 rings (SSSR count). The Morgan fingerprint density at radius 2 is 1.80 bits per heavy atom. The highest BCUT2D eigenvalue weighted by Crippen LogP contribution is 2.37. The molecule has 3 nitrogen and oxygen atoms in total. The van der Waals surface area contributed by atoms with Crippen LogP contribution in [0.25, 0.3) is 0 Å². The van der Waals surface area contributed by atoms with E-state index in [2.05, 4.69) is 0 Å². The second-order valence-corrected chi connectivity index (χ2v) is 2.48. The first-order valence-corrected chi connectivity index (χ1v) is 3.42. The van der Waals surface area contributed by atoms with Crippen molar-refractivity contribution in [3.63, 3.8) is 0 Å². The van der Waals surface area contributed by atoms with Crippen molar-refractivity contribution in [2.24, 2.45) is 0 Å². The highest BCUT2D eigenvalue weighted by molar-refractivity contribution is 4.91. The molecule has 0 spiro atoms. The molecule has 0 aromatic rings. The topological polar surface area (TPSA) is 27.7 Å². The third kappa shape index (κ3) is 0.944. The Labute approximate surface area is 61.3 Å². The Kier molecular flexibility index (Phi) is 2.28. The zero-order chi connectivity index (χ0) is 7.61. The molecule has 1 fully saturated rings. The van der Waals surface area contributed by atoms with Crippen LogP contribution in [0.5, 0.6) is 0 Å². The maximum Gasteiger partial charge on any atom is 0.194 e. The van der Waals surface area contributed by atoms with Gasteiger partial charge in [-0.2, -0.15) is 0 Å². The lowest BCUT2D eigenvalue weighted by molar-refractivity contribution is -0.311. The van der Waals surface area contributed by atoms with Crippen LogP contribution in [-0.4, -0.2) is 33.2 Å². The third-order valence-electron chi connectivity index (χ3n) is 2.22. The van der Waals surface area contributed by atoms with Crippen molar-refractivity contribution in [2.45, 2.75) is 24.7 Å². The van der Waals surface area contributed by atoms with Crippen molar-refractivity contribution in [3.8, 4) is 0 Å². The van der Waals surface area contributed by atoms with E-state index in [1.807, 2.05) is 0 Å². The van der Waals surface area contributed by atoms with Gasteiger partial charge in [-0.05, 0) is 6.42 Å². The van der Waals surface area contributed by atoms with E-state index in [1.165, 1.54) is 0 Å². The maximum atomic E-state index is 5.18. The number of hydrogen-bond acceptors (Lipinski definition) is 3. The first-order chi connectivity index (χ1) is 4.79. The number of rotatable bonds is 3. The molecule has 3 heteroatoms. The molecule has 0 bridgehead atoms. The highest BCUT2D eigenvalue weighted by atomic mass is 16.7. The molecule has 1 unspecified atom stereocenters. The van der Waals surface area contributed by atoms with Gasteiger partial charge in [0.1, 0.15) is 6.10 Å². The smallest absolute Gasteiger partial charge is 0.194 e. The maximum absolute atomic E-state index is 5.18. The van der Waals surface area contributed by atoms with Crippen LogP contribution >= 0.6 is 0 Å². The molecule has 1 aliphatic rings. The van der Waals surface area contributed by atoms with E-state index in [0.29, 0.717) is 0 Å². The van der Waals surface area contributed by atoms with Gasteiger partial charge in [-0.25, -0.2) is 0 Å². The standard InChI is InChI=1S/C7H14O3/c1-8-6-4-5-7(6,9-2)10-3/h6H,4-5H2,1-3H3. The van der Waals surface area contributed by atoms with Crippen LogP contribution < -0.4 is 0 Å². The van der Waals surface area contributed by atoms with Gasteiger partial charge in [0.2, 0.25) is 0 Å². The van der Waals surface area contributed by atoms with Crippen molar-refractivity contribution >= 4 is 0 Å². The lowest BCUT2D eigenvalue weighted by atomic mass is 9.87. The average Bonchev–Trinajstić information content (AvgIpc) is 1.90. The van der Waals surface area contributed by atoms with E-state index in [-0.39, 0.29) is 6.10 Å². The number of methoxy groups -OCH3 is 3. The lowest BCUT2D eigenvalue weighted by Crippen LogP contribution is -2.55. The number of hydrogen-bond donors (Lipinski definition) is 0. The summed E-state index contributed by atoms with van der Waals surface area (Å²) < 4.78 is 15.5. The first kappa shape index (κ1) is 7.98. The van der Waals surface area contributed by atoms with Gasteiger partial charge < -0.3 is 14.2 Å². The van der Waals surface area contributed by atoms with E-state index in [4.69, 9.17) is 14.2 Å². The largest absolute Gasteiger partial charge is 0.376 e.